The summed E-state index contributed by atoms with van der Waals surface area (Å²) < 4.78 is 2.08. The zero-order chi connectivity index (χ0) is 20.2. The smallest absolute Gasteiger partial charge is 0.257 e. The molecule has 0 aromatic carbocycles. The number of aromatic nitrogens is 1. The van der Waals surface area contributed by atoms with Gasteiger partial charge in [-0.05, 0) is 43.4 Å². The van der Waals surface area contributed by atoms with Gasteiger partial charge < -0.3 is 14.8 Å². The molecule has 1 aliphatic heterocycles. The van der Waals surface area contributed by atoms with E-state index in [0.29, 0.717) is 26.2 Å². The van der Waals surface area contributed by atoms with Gasteiger partial charge in [0.2, 0.25) is 5.91 Å². The van der Waals surface area contributed by atoms with Crippen molar-refractivity contribution < 1.29 is 9.59 Å². The van der Waals surface area contributed by atoms with Crippen LogP contribution in [0, 0.1) is 0 Å². The van der Waals surface area contributed by atoms with Crippen molar-refractivity contribution in [3.05, 3.63) is 53.2 Å². The monoisotopic (exact) mass is 412 g/mol. The van der Waals surface area contributed by atoms with E-state index in [1.807, 2.05) is 29.4 Å². The molecule has 0 bridgehead atoms. The van der Waals surface area contributed by atoms with Gasteiger partial charge in [0.05, 0.1) is 12.1 Å². The Kier molecular flexibility index (Phi) is 6.16. The molecule has 0 radical (unpaired) electrons. The van der Waals surface area contributed by atoms with E-state index in [9.17, 15) is 9.59 Å². The van der Waals surface area contributed by atoms with E-state index in [4.69, 9.17) is 0 Å². The van der Waals surface area contributed by atoms with Gasteiger partial charge in [-0.1, -0.05) is 6.08 Å². The molecule has 0 atom stereocenters. The summed E-state index contributed by atoms with van der Waals surface area (Å²) in [6.07, 6.45) is 10.2. The van der Waals surface area contributed by atoms with Gasteiger partial charge >= 0.3 is 0 Å². The van der Waals surface area contributed by atoms with Gasteiger partial charge in [-0.2, -0.15) is 0 Å². The van der Waals surface area contributed by atoms with E-state index in [-0.39, 0.29) is 11.8 Å². The molecule has 7 heteroatoms. The summed E-state index contributed by atoms with van der Waals surface area (Å²) >= 11 is 1.77. The zero-order valence-electron chi connectivity index (χ0n) is 16.7. The Morgan fingerprint density at radius 1 is 1.10 bits per heavy atom. The Balaban J connectivity index is 1.47. The molecular weight excluding hydrogens is 384 g/mol. The maximum Gasteiger partial charge on any atom is 0.257 e. The Morgan fingerprint density at radius 3 is 2.55 bits per heavy atom. The van der Waals surface area contributed by atoms with Crippen molar-refractivity contribution in [3.63, 3.8) is 0 Å². The summed E-state index contributed by atoms with van der Waals surface area (Å²) in [5.41, 5.74) is 2.17. The van der Waals surface area contributed by atoms with Gasteiger partial charge in [0.25, 0.3) is 5.91 Å². The molecule has 1 N–H and O–H groups in total. The van der Waals surface area contributed by atoms with Crippen molar-refractivity contribution >= 4 is 23.2 Å². The highest BCUT2D eigenvalue weighted by molar-refractivity contribution is 7.15. The van der Waals surface area contributed by atoms with E-state index in [0.717, 1.165) is 42.9 Å². The third-order valence-electron chi connectivity index (χ3n) is 5.68. The normalized spacial score (nSPS) is 17.0. The Bertz CT molecular complexity index is 879. The van der Waals surface area contributed by atoms with E-state index in [1.54, 1.807) is 17.4 Å². The Morgan fingerprint density at radius 2 is 1.83 bits per heavy atom. The summed E-state index contributed by atoms with van der Waals surface area (Å²) in [6, 6.07) is 4.01. The van der Waals surface area contributed by atoms with Crippen molar-refractivity contribution in [1.82, 2.24) is 19.7 Å². The lowest BCUT2D eigenvalue weighted by atomic mass is 9.95. The minimum atomic E-state index is 0.00600. The van der Waals surface area contributed by atoms with E-state index >= 15 is 0 Å². The van der Waals surface area contributed by atoms with Crippen LogP contribution in [-0.4, -0.2) is 65.4 Å². The maximum atomic E-state index is 13.5. The molecule has 2 amide bonds. The molecule has 1 fully saturated rings. The van der Waals surface area contributed by atoms with Crippen molar-refractivity contribution in [2.45, 2.75) is 25.7 Å². The summed E-state index contributed by atoms with van der Waals surface area (Å²) in [5.74, 6) is 0.148. The van der Waals surface area contributed by atoms with Crippen LogP contribution in [0.5, 0.6) is 0 Å². The Labute approximate surface area is 175 Å². The van der Waals surface area contributed by atoms with Crippen LogP contribution in [0.1, 0.15) is 33.6 Å². The minimum absolute atomic E-state index is 0.00600. The third-order valence-corrected chi connectivity index (χ3v) is 6.98. The lowest BCUT2D eigenvalue weighted by Crippen LogP contribution is -2.51. The maximum absolute atomic E-state index is 13.5. The second-order valence-corrected chi connectivity index (χ2v) is 8.73. The molecule has 1 saturated heterocycles. The van der Waals surface area contributed by atoms with Crippen LogP contribution in [0.2, 0.25) is 0 Å². The fraction of sp³-hybridized carbons (Fsp3) is 0.455. The van der Waals surface area contributed by atoms with Crippen LogP contribution in [0.25, 0.3) is 5.00 Å². The largest absolute Gasteiger partial charge is 0.352 e. The molecule has 2 aliphatic rings. The van der Waals surface area contributed by atoms with Crippen LogP contribution < -0.4 is 5.32 Å². The summed E-state index contributed by atoms with van der Waals surface area (Å²) in [5, 5.41) is 3.87. The predicted molar refractivity (Wildman–Crippen MR) is 116 cm³/mol. The Hall–Kier alpha value is -2.38. The van der Waals surface area contributed by atoms with Gasteiger partial charge in [-0.3, -0.25) is 14.5 Å². The molecule has 6 nitrogen and oxygen atoms in total. The van der Waals surface area contributed by atoms with Crippen LogP contribution >= 0.6 is 11.3 Å². The fourth-order valence-corrected chi connectivity index (χ4v) is 5.48. The lowest BCUT2D eigenvalue weighted by molar-refractivity contribution is -0.122. The molecular formula is C22H28N4O2S. The van der Waals surface area contributed by atoms with Crippen molar-refractivity contribution in [2.24, 2.45) is 0 Å². The molecule has 29 heavy (non-hydrogen) atoms. The molecule has 154 valence electrons. The fourth-order valence-electron chi connectivity index (χ4n) is 4.14. The number of carbonyl (C=O) groups is 2. The van der Waals surface area contributed by atoms with Crippen molar-refractivity contribution in [2.75, 3.05) is 39.3 Å². The van der Waals surface area contributed by atoms with Crippen LogP contribution in [0.4, 0.5) is 0 Å². The molecule has 4 rings (SSSR count). The summed E-state index contributed by atoms with van der Waals surface area (Å²) in [6.45, 7) is 7.23. The van der Waals surface area contributed by atoms with Gasteiger partial charge in [0, 0.05) is 50.0 Å². The third kappa shape index (κ3) is 4.31. The first kappa shape index (κ1) is 19.9. The van der Waals surface area contributed by atoms with Gasteiger partial charge in [0.15, 0.2) is 0 Å². The predicted octanol–water partition coefficient (Wildman–Crippen LogP) is 2.48. The standard InChI is InChI=1S/C22H28N4O2S/c1-2-9-23-19(27)16-24-12-14-25(15-13-24)21(28)20-17-7-3-4-8-18(17)29-22(20)26-10-5-6-11-26/h2,5-6,10-11H,1,3-4,7-9,12-16H2,(H,23,27). The quantitative estimate of drug-likeness (QED) is 0.742. The average Bonchev–Trinajstić information content (AvgIpc) is 3.40. The first-order valence-electron chi connectivity index (χ1n) is 10.3. The first-order valence-corrected chi connectivity index (χ1v) is 11.2. The van der Waals surface area contributed by atoms with E-state index in [2.05, 4.69) is 21.4 Å². The number of nitrogens with one attached hydrogen (secondary N) is 1. The SMILES string of the molecule is C=CCNC(=O)CN1CCN(C(=O)c2c(-n3cccc3)sc3c2CCCC3)CC1. The summed E-state index contributed by atoms with van der Waals surface area (Å²) in [7, 11) is 0. The number of thiophene rings is 1. The second kappa shape index (κ2) is 8.97. The molecule has 0 spiro atoms. The average molecular weight is 413 g/mol. The first-order chi connectivity index (χ1) is 14.2. The molecule has 0 saturated carbocycles. The highest BCUT2D eigenvalue weighted by Crippen LogP contribution is 2.37. The van der Waals surface area contributed by atoms with Crippen LogP contribution in [0.3, 0.4) is 0 Å². The van der Waals surface area contributed by atoms with Crippen LogP contribution in [0.15, 0.2) is 37.2 Å². The lowest BCUT2D eigenvalue weighted by Gasteiger charge is -2.34. The molecule has 3 heterocycles. The number of piperazine rings is 1. The minimum Gasteiger partial charge on any atom is -0.352 e. The number of amides is 2. The topological polar surface area (TPSA) is 57.6 Å². The van der Waals surface area contributed by atoms with E-state index < -0.39 is 0 Å². The van der Waals surface area contributed by atoms with Crippen LogP contribution in [-0.2, 0) is 17.6 Å². The molecule has 0 unspecified atom stereocenters. The summed E-state index contributed by atoms with van der Waals surface area (Å²) in [4.78, 5) is 30.9. The number of fused-ring (bicyclic) bond motifs is 1. The second-order valence-electron chi connectivity index (χ2n) is 7.64. The number of carbonyl (C=O) groups excluding carboxylic acids is 2. The van der Waals surface area contributed by atoms with Crippen molar-refractivity contribution in [1.29, 1.82) is 0 Å². The van der Waals surface area contributed by atoms with Gasteiger partial charge in [-0.25, -0.2) is 0 Å². The number of rotatable bonds is 6. The number of hydrogen-bond acceptors (Lipinski definition) is 4. The highest BCUT2D eigenvalue weighted by Gasteiger charge is 2.31. The van der Waals surface area contributed by atoms with Crippen molar-refractivity contribution in [3.8, 4) is 5.00 Å². The number of hydrogen-bond donors (Lipinski definition) is 1. The number of nitrogens with zero attached hydrogens (tertiary/aromatic N) is 3. The highest BCUT2D eigenvalue weighted by atomic mass is 32.1. The van der Waals surface area contributed by atoms with E-state index in [1.165, 1.54) is 16.9 Å². The zero-order valence-corrected chi connectivity index (χ0v) is 17.5. The molecule has 1 aliphatic carbocycles. The molecule has 2 aromatic rings. The number of aryl methyl sites for hydroxylation is 1. The molecule has 2 aromatic heterocycles. The van der Waals surface area contributed by atoms with Gasteiger partial charge in [0.1, 0.15) is 5.00 Å². The van der Waals surface area contributed by atoms with Gasteiger partial charge in [-0.15, -0.1) is 17.9 Å².